The number of amides is 3. The predicted octanol–water partition coefficient (Wildman–Crippen LogP) is 6.15. The smallest absolute Gasteiger partial charge is 0.255 e. The molecule has 0 aromatic heterocycles. The van der Waals surface area contributed by atoms with Crippen LogP contribution in [-0.4, -0.2) is 89.4 Å². The average Bonchev–Trinajstić information content (AvgIpc) is 3.32. The predicted molar refractivity (Wildman–Crippen MR) is 206 cm³/mol. The Morgan fingerprint density at radius 3 is 2.21 bits per heavy atom. The van der Waals surface area contributed by atoms with Crippen LogP contribution < -0.4 is 10.1 Å². The number of nitrogens with zero attached hydrogens (tertiary/aromatic N) is 3. The molecule has 2 fully saturated rings. The molecule has 3 amide bonds. The van der Waals surface area contributed by atoms with Crippen LogP contribution in [0.25, 0.3) is 11.1 Å². The normalized spacial score (nSPS) is 18.7. The Labute approximate surface area is 311 Å². The molecule has 7 rings (SSSR count). The average molecular weight is 713 g/mol. The van der Waals surface area contributed by atoms with Gasteiger partial charge in [-0.1, -0.05) is 73.7 Å². The van der Waals surface area contributed by atoms with E-state index in [4.69, 9.17) is 4.74 Å². The third-order valence-electron chi connectivity index (χ3n) is 10.7. The number of aromatic hydroxyl groups is 1. The maximum absolute atomic E-state index is 13.1. The van der Waals surface area contributed by atoms with E-state index in [0.717, 1.165) is 86.5 Å². The molecule has 0 aliphatic carbocycles. The summed E-state index contributed by atoms with van der Waals surface area (Å²) < 4.78 is 6.24. The fourth-order valence-electron chi connectivity index (χ4n) is 7.86. The molecule has 53 heavy (non-hydrogen) atoms. The van der Waals surface area contributed by atoms with Crippen molar-refractivity contribution in [2.75, 3.05) is 45.9 Å². The number of phenols is 1. The van der Waals surface area contributed by atoms with Crippen molar-refractivity contribution in [1.29, 1.82) is 0 Å². The fourth-order valence-corrected chi connectivity index (χ4v) is 7.86. The van der Waals surface area contributed by atoms with E-state index in [0.29, 0.717) is 25.1 Å². The SMILES string of the molecule is CC/C(=C(\c1ccc(O)cc1)c1ccc(OCCN2CCCN(CCc3ccc4c(c3)CN([C@@H]3CCC(=O)NC3=O)C4=O)CC2)cc1)c1ccccc1. The second-order valence-electron chi connectivity index (χ2n) is 14.2. The molecular weight excluding hydrogens is 665 g/mol. The number of allylic oxidation sites excluding steroid dienone is 1. The van der Waals surface area contributed by atoms with Gasteiger partial charge >= 0.3 is 0 Å². The van der Waals surface area contributed by atoms with E-state index in [2.05, 4.69) is 76.6 Å². The number of phenolic OH excluding ortho intramolecular Hbond substituents is 1. The zero-order valence-electron chi connectivity index (χ0n) is 30.4. The van der Waals surface area contributed by atoms with E-state index in [-0.39, 0.29) is 29.9 Å². The van der Waals surface area contributed by atoms with Crippen LogP contribution in [-0.2, 0) is 22.6 Å². The molecule has 1 atom stereocenters. The zero-order valence-corrected chi connectivity index (χ0v) is 30.4. The number of carbonyl (C=O) groups is 3. The summed E-state index contributed by atoms with van der Waals surface area (Å²) in [6, 6.07) is 31.8. The summed E-state index contributed by atoms with van der Waals surface area (Å²) in [4.78, 5) is 43.7. The summed E-state index contributed by atoms with van der Waals surface area (Å²) in [5.74, 6) is 0.326. The summed E-state index contributed by atoms with van der Waals surface area (Å²) in [7, 11) is 0. The van der Waals surface area contributed by atoms with Gasteiger partial charge in [-0.2, -0.15) is 0 Å². The summed E-state index contributed by atoms with van der Waals surface area (Å²) in [5.41, 5.74) is 8.58. The van der Waals surface area contributed by atoms with Crippen LogP contribution in [0.2, 0.25) is 0 Å². The Kier molecular flexibility index (Phi) is 11.3. The van der Waals surface area contributed by atoms with Gasteiger partial charge in [0.15, 0.2) is 0 Å². The number of benzene rings is 4. The molecule has 0 bridgehead atoms. The molecule has 274 valence electrons. The minimum atomic E-state index is -0.589. The lowest BCUT2D eigenvalue weighted by Gasteiger charge is -2.29. The molecular formula is C44H48N4O5. The first-order valence-electron chi connectivity index (χ1n) is 18.9. The summed E-state index contributed by atoms with van der Waals surface area (Å²) >= 11 is 0. The third-order valence-corrected chi connectivity index (χ3v) is 10.7. The molecule has 4 aromatic rings. The van der Waals surface area contributed by atoms with Crippen molar-refractivity contribution in [3.8, 4) is 11.5 Å². The van der Waals surface area contributed by atoms with E-state index in [1.807, 2.05) is 30.3 Å². The number of carbonyl (C=O) groups excluding carboxylic acids is 3. The summed E-state index contributed by atoms with van der Waals surface area (Å²) in [5, 5.41) is 12.3. The fraction of sp³-hybridized carbons (Fsp3) is 0.341. The Morgan fingerprint density at radius 2 is 1.51 bits per heavy atom. The van der Waals surface area contributed by atoms with Crippen molar-refractivity contribution < 1.29 is 24.2 Å². The largest absolute Gasteiger partial charge is 0.508 e. The standard InChI is InChI=1S/C44H48N4O5/c1-2-38(32-7-4-3-5-8-32)42(33-10-14-36(49)15-11-33)34-12-16-37(17-13-34)53-28-27-47-23-6-22-46(25-26-47)24-21-31-9-18-39-35(29-31)30-48(44(39)52)40-19-20-41(50)45-43(40)51/h3-5,7-18,29,40,49H,2,6,19-28,30H2,1H3,(H,45,50,51)/b42-38-/t40-/m1/s1. The molecule has 3 aliphatic heterocycles. The lowest BCUT2D eigenvalue weighted by molar-refractivity contribution is -0.136. The van der Waals surface area contributed by atoms with E-state index >= 15 is 0 Å². The lowest BCUT2D eigenvalue weighted by Crippen LogP contribution is -2.52. The van der Waals surface area contributed by atoms with Crippen LogP contribution in [0.3, 0.4) is 0 Å². The van der Waals surface area contributed by atoms with Crippen LogP contribution in [0.4, 0.5) is 0 Å². The lowest BCUT2D eigenvalue weighted by atomic mass is 9.88. The number of nitrogens with one attached hydrogen (secondary N) is 1. The number of imide groups is 1. The van der Waals surface area contributed by atoms with E-state index < -0.39 is 6.04 Å². The van der Waals surface area contributed by atoms with Gasteiger partial charge in [0.1, 0.15) is 24.1 Å². The Morgan fingerprint density at radius 1 is 0.811 bits per heavy atom. The number of rotatable bonds is 12. The number of hydrogen-bond donors (Lipinski definition) is 2. The van der Waals surface area contributed by atoms with Crippen molar-refractivity contribution in [2.45, 2.75) is 51.6 Å². The van der Waals surface area contributed by atoms with Gasteiger partial charge in [0.25, 0.3) is 5.91 Å². The van der Waals surface area contributed by atoms with Crippen LogP contribution in [0, 0.1) is 0 Å². The highest BCUT2D eigenvalue weighted by molar-refractivity contribution is 6.05. The Balaban J connectivity index is 0.898. The topological polar surface area (TPSA) is 102 Å². The first-order chi connectivity index (χ1) is 25.9. The molecule has 2 N–H and O–H groups in total. The monoisotopic (exact) mass is 712 g/mol. The molecule has 3 aliphatic rings. The van der Waals surface area contributed by atoms with Gasteiger partial charge in [-0.05, 0) is 108 Å². The molecule has 9 heteroatoms. The number of fused-ring (bicyclic) bond motifs is 1. The van der Waals surface area contributed by atoms with Crippen LogP contribution in [0.5, 0.6) is 11.5 Å². The van der Waals surface area contributed by atoms with Gasteiger partial charge in [0.2, 0.25) is 11.8 Å². The number of ether oxygens (including phenoxy) is 1. The highest BCUT2D eigenvalue weighted by atomic mass is 16.5. The Bertz CT molecular complexity index is 1960. The van der Waals surface area contributed by atoms with Crippen molar-refractivity contribution in [3.05, 3.63) is 130 Å². The summed E-state index contributed by atoms with van der Waals surface area (Å²) in [6.45, 7) is 9.09. The molecule has 0 saturated carbocycles. The second kappa shape index (κ2) is 16.6. The van der Waals surface area contributed by atoms with Crippen LogP contribution in [0.1, 0.15) is 70.8 Å². The van der Waals surface area contributed by atoms with Gasteiger partial charge in [-0.3, -0.25) is 24.6 Å². The highest BCUT2D eigenvalue weighted by Crippen LogP contribution is 2.36. The van der Waals surface area contributed by atoms with Crippen molar-refractivity contribution in [1.82, 2.24) is 20.0 Å². The van der Waals surface area contributed by atoms with Crippen LogP contribution >= 0.6 is 0 Å². The minimum Gasteiger partial charge on any atom is -0.508 e. The maximum Gasteiger partial charge on any atom is 0.255 e. The van der Waals surface area contributed by atoms with Gasteiger partial charge in [-0.15, -0.1) is 0 Å². The van der Waals surface area contributed by atoms with E-state index in [1.165, 1.54) is 16.7 Å². The number of hydrogen-bond acceptors (Lipinski definition) is 7. The molecule has 4 aromatic carbocycles. The van der Waals surface area contributed by atoms with Crippen molar-refractivity contribution in [2.24, 2.45) is 0 Å². The molecule has 0 spiro atoms. The van der Waals surface area contributed by atoms with Gasteiger partial charge < -0.3 is 19.6 Å². The molecule has 0 radical (unpaired) electrons. The first-order valence-corrected chi connectivity index (χ1v) is 18.9. The molecule has 3 heterocycles. The van der Waals surface area contributed by atoms with Crippen molar-refractivity contribution >= 4 is 28.9 Å². The molecule has 9 nitrogen and oxygen atoms in total. The van der Waals surface area contributed by atoms with Crippen molar-refractivity contribution in [3.63, 3.8) is 0 Å². The van der Waals surface area contributed by atoms with Gasteiger partial charge in [0, 0.05) is 44.7 Å². The molecule has 2 saturated heterocycles. The van der Waals surface area contributed by atoms with E-state index in [9.17, 15) is 19.5 Å². The maximum atomic E-state index is 13.1. The first kappa shape index (κ1) is 36.1. The minimum absolute atomic E-state index is 0.129. The Hall–Kier alpha value is -5.25. The van der Waals surface area contributed by atoms with E-state index in [1.54, 1.807) is 17.0 Å². The van der Waals surface area contributed by atoms with Crippen LogP contribution in [0.15, 0.2) is 97.1 Å². The quantitative estimate of drug-likeness (QED) is 0.134. The van der Waals surface area contributed by atoms with Gasteiger partial charge in [0.05, 0.1) is 0 Å². The van der Waals surface area contributed by atoms with Gasteiger partial charge in [-0.25, -0.2) is 0 Å². The highest BCUT2D eigenvalue weighted by Gasteiger charge is 2.39. The molecule has 0 unspecified atom stereocenters. The zero-order chi connectivity index (χ0) is 36.7. The number of piperidine rings is 1. The summed E-state index contributed by atoms with van der Waals surface area (Å²) in [6.07, 6.45) is 3.50. The third kappa shape index (κ3) is 8.53. The second-order valence-corrected chi connectivity index (χ2v) is 14.2.